The van der Waals surface area contributed by atoms with Crippen LogP contribution in [-0.2, 0) is 0 Å². The van der Waals surface area contributed by atoms with Crippen molar-refractivity contribution >= 4 is 22.6 Å². The van der Waals surface area contributed by atoms with Crippen molar-refractivity contribution in [2.24, 2.45) is 5.73 Å². The second kappa shape index (κ2) is 4.30. The van der Waals surface area contributed by atoms with Gasteiger partial charge in [-0.2, -0.15) is 0 Å². The summed E-state index contributed by atoms with van der Waals surface area (Å²) >= 11 is 1.73. The lowest BCUT2D eigenvalue weighted by molar-refractivity contribution is 0.267. The molecule has 0 radical (unpaired) electrons. The summed E-state index contributed by atoms with van der Waals surface area (Å²) in [7, 11) is 0. The van der Waals surface area contributed by atoms with E-state index in [9.17, 15) is 8.78 Å². The maximum absolute atomic E-state index is 13.0. The minimum atomic E-state index is -0.739. The number of rotatable bonds is 2. The summed E-state index contributed by atoms with van der Waals surface area (Å²) in [6, 6.07) is 1.18. The molecule has 0 unspecified atom stereocenters. The molecule has 1 aromatic carbocycles. The van der Waals surface area contributed by atoms with Crippen LogP contribution in [0, 0.1) is 15.2 Å². The highest BCUT2D eigenvalue weighted by Crippen LogP contribution is 2.22. The zero-order chi connectivity index (χ0) is 10.0. The van der Waals surface area contributed by atoms with E-state index in [0.29, 0.717) is 5.56 Å². The van der Waals surface area contributed by atoms with Gasteiger partial charge in [0, 0.05) is 6.07 Å². The maximum atomic E-state index is 13.0. The summed E-state index contributed by atoms with van der Waals surface area (Å²) < 4.78 is 25.9. The van der Waals surface area contributed by atoms with Gasteiger partial charge in [0.25, 0.3) is 0 Å². The Labute approximate surface area is 87.9 Å². The zero-order valence-electron chi connectivity index (χ0n) is 6.60. The maximum Gasteiger partial charge on any atom is 0.139 e. The number of halogens is 3. The Kier molecular flexibility index (Phi) is 3.57. The highest BCUT2D eigenvalue weighted by atomic mass is 127. The lowest BCUT2D eigenvalue weighted by Crippen LogP contribution is -2.16. The van der Waals surface area contributed by atoms with Crippen LogP contribution in [0.1, 0.15) is 11.6 Å². The van der Waals surface area contributed by atoms with Gasteiger partial charge < -0.3 is 10.8 Å². The van der Waals surface area contributed by atoms with Gasteiger partial charge in [0.15, 0.2) is 0 Å². The predicted molar refractivity (Wildman–Crippen MR) is 53.1 cm³/mol. The van der Waals surface area contributed by atoms with Gasteiger partial charge in [-0.15, -0.1) is 0 Å². The highest BCUT2D eigenvalue weighted by Gasteiger charge is 2.13. The van der Waals surface area contributed by atoms with Crippen LogP contribution < -0.4 is 5.73 Å². The smallest absolute Gasteiger partial charge is 0.139 e. The molecule has 0 fully saturated rings. The Balaban J connectivity index is 3.20. The first-order valence-electron chi connectivity index (χ1n) is 3.57. The first-order chi connectivity index (χ1) is 6.06. The molecule has 0 heterocycles. The van der Waals surface area contributed by atoms with E-state index in [2.05, 4.69) is 0 Å². The van der Waals surface area contributed by atoms with Crippen molar-refractivity contribution in [3.05, 3.63) is 32.9 Å². The van der Waals surface area contributed by atoms with Crippen molar-refractivity contribution in [1.82, 2.24) is 0 Å². The summed E-state index contributed by atoms with van der Waals surface area (Å²) in [5, 5.41) is 8.72. The fourth-order valence-electron chi connectivity index (χ4n) is 0.944. The van der Waals surface area contributed by atoms with Gasteiger partial charge in [0.05, 0.1) is 16.2 Å². The standard InChI is InChI=1S/C8H8F2INO/c9-4-1-5(7(12)3-13)8(11)6(10)2-4/h1-2,7,13H,3,12H2/t7-/m1/s1. The molecular formula is C8H8F2INO. The summed E-state index contributed by atoms with van der Waals surface area (Å²) in [5.74, 6) is -1.34. The van der Waals surface area contributed by atoms with E-state index in [4.69, 9.17) is 10.8 Å². The Hall–Kier alpha value is -0.270. The number of aliphatic hydroxyl groups excluding tert-OH is 1. The first-order valence-corrected chi connectivity index (χ1v) is 4.65. The molecule has 0 aromatic heterocycles. The number of hydrogen-bond acceptors (Lipinski definition) is 2. The molecule has 0 saturated heterocycles. The molecule has 0 aliphatic carbocycles. The Bertz CT molecular complexity index is 319. The van der Waals surface area contributed by atoms with E-state index < -0.39 is 17.7 Å². The largest absolute Gasteiger partial charge is 0.394 e. The third-order valence-electron chi connectivity index (χ3n) is 1.62. The van der Waals surface area contributed by atoms with Crippen molar-refractivity contribution in [3.63, 3.8) is 0 Å². The minimum absolute atomic E-state index is 0.251. The van der Waals surface area contributed by atoms with Crippen molar-refractivity contribution in [2.75, 3.05) is 6.61 Å². The van der Waals surface area contributed by atoms with Gasteiger partial charge in [-0.1, -0.05) is 0 Å². The Morgan fingerprint density at radius 1 is 1.46 bits per heavy atom. The average molecular weight is 299 g/mol. The van der Waals surface area contributed by atoms with Gasteiger partial charge >= 0.3 is 0 Å². The molecule has 0 aliphatic rings. The van der Waals surface area contributed by atoms with E-state index in [0.717, 1.165) is 12.1 Å². The third-order valence-corrected chi connectivity index (χ3v) is 2.76. The SMILES string of the molecule is N[C@H](CO)c1cc(F)cc(F)c1I. The molecule has 1 rings (SSSR count). The van der Waals surface area contributed by atoms with Crippen LogP contribution in [0.25, 0.3) is 0 Å². The van der Waals surface area contributed by atoms with Gasteiger partial charge in [0.1, 0.15) is 11.6 Å². The molecule has 13 heavy (non-hydrogen) atoms. The summed E-state index contributed by atoms with van der Waals surface area (Å²) in [5.41, 5.74) is 5.74. The van der Waals surface area contributed by atoms with Crippen LogP contribution in [0.15, 0.2) is 12.1 Å². The molecule has 3 N–H and O–H groups in total. The summed E-state index contributed by atoms with van der Waals surface area (Å²) in [6.45, 7) is -0.334. The van der Waals surface area contributed by atoms with E-state index in [1.807, 2.05) is 0 Å². The fraction of sp³-hybridized carbons (Fsp3) is 0.250. The normalized spacial score (nSPS) is 13.0. The highest BCUT2D eigenvalue weighted by molar-refractivity contribution is 14.1. The number of hydrogen-bond donors (Lipinski definition) is 2. The summed E-state index contributed by atoms with van der Waals surface area (Å²) in [6.07, 6.45) is 0. The monoisotopic (exact) mass is 299 g/mol. The summed E-state index contributed by atoms with van der Waals surface area (Å²) in [4.78, 5) is 0. The molecule has 1 aromatic rings. The van der Waals surface area contributed by atoms with Gasteiger partial charge in [-0.25, -0.2) is 8.78 Å². The zero-order valence-corrected chi connectivity index (χ0v) is 8.76. The first kappa shape index (κ1) is 10.8. The fourth-order valence-corrected chi connectivity index (χ4v) is 1.66. The number of benzene rings is 1. The Morgan fingerprint density at radius 3 is 2.62 bits per heavy atom. The molecule has 0 bridgehead atoms. The Morgan fingerprint density at radius 2 is 2.08 bits per heavy atom. The van der Waals surface area contributed by atoms with Crippen LogP contribution in [0.3, 0.4) is 0 Å². The van der Waals surface area contributed by atoms with Crippen molar-refractivity contribution in [2.45, 2.75) is 6.04 Å². The average Bonchev–Trinajstić information content (AvgIpc) is 2.10. The predicted octanol–water partition coefficient (Wildman–Crippen LogP) is 1.56. The van der Waals surface area contributed by atoms with Crippen LogP contribution in [0.2, 0.25) is 0 Å². The van der Waals surface area contributed by atoms with E-state index in [1.165, 1.54) is 0 Å². The molecule has 0 saturated carbocycles. The van der Waals surface area contributed by atoms with Crippen molar-refractivity contribution in [1.29, 1.82) is 0 Å². The van der Waals surface area contributed by atoms with E-state index in [-0.39, 0.29) is 10.2 Å². The van der Waals surface area contributed by atoms with Gasteiger partial charge in [-0.3, -0.25) is 0 Å². The van der Waals surface area contributed by atoms with Crippen LogP contribution in [0.5, 0.6) is 0 Å². The third kappa shape index (κ3) is 2.35. The van der Waals surface area contributed by atoms with Crippen molar-refractivity contribution < 1.29 is 13.9 Å². The molecule has 0 spiro atoms. The quantitative estimate of drug-likeness (QED) is 0.643. The molecule has 0 aliphatic heterocycles. The molecule has 2 nitrogen and oxygen atoms in total. The van der Waals surface area contributed by atoms with Gasteiger partial charge in [-0.05, 0) is 34.2 Å². The minimum Gasteiger partial charge on any atom is -0.394 e. The lowest BCUT2D eigenvalue weighted by atomic mass is 10.1. The van der Waals surface area contributed by atoms with Crippen LogP contribution >= 0.6 is 22.6 Å². The molecule has 72 valence electrons. The van der Waals surface area contributed by atoms with Crippen LogP contribution in [-0.4, -0.2) is 11.7 Å². The second-order valence-electron chi connectivity index (χ2n) is 2.58. The van der Waals surface area contributed by atoms with Gasteiger partial charge in [0.2, 0.25) is 0 Å². The second-order valence-corrected chi connectivity index (χ2v) is 3.66. The number of aliphatic hydroxyl groups is 1. The van der Waals surface area contributed by atoms with Crippen LogP contribution in [0.4, 0.5) is 8.78 Å². The molecule has 1 atom stereocenters. The van der Waals surface area contributed by atoms with E-state index >= 15 is 0 Å². The number of nitrogens with two attached hydrogens (primary N) is 1. The lowest BCUT2D eigenvalue weighted by Gasteiger charge is -2.11. The van der Waals surface area contributed by atoms with E-state index in [1.54, 1.807) is 22.6 Å². The molecule has 0 amide bonds. The molecular weight excluding hydrogens is 291 g/mol. The van der Waals surface area contributed by atoms with Crippen molar-refractivity contribution in [3.8, 4) is 0 Å². The molecule has 5 heteroatoms. The topological polar surface area (TPSA) is 46.2 Å².